The van der Waals surface area contributed by atoms with Crippen molar-refractivity contribution in [1.82, 2.24) is 10.1 Å². The number of nitrogens with zero attached hydrogens (tertiary/aromatic N) is 2. The summed E-state index contributed by atoms with van der Waals surface area (Å²) in [5, 5.41) is 0.839. The van der Waals surface area contributed by atoms with Gasteiger partial charge in [0, 0.05) is 38.5 Å². The van der Waals surface area contributed by atoms with E-state index in [0.717, 1.165) is 0 Å². The number of rotatable bonds is 11. The van der Waals surface area contributed by atoms with E-state index in [2.05, 4.69) is 4.74 Å². The number of Topliss-reactive ketones (excluding diaryl/α,β-unsaturated/α-hetero) is 2. The molecule has 2 saturated heterocycles. The number of imide groups is 2. The Morgan fingerprint density at radius 1 is 0.585 bits per heavy atom. The fourth-order valence-electron chi connectivity index (χ4n) is 3.65. The zero-order valence-electron chi connectivity index (χ0n) is 22.9. The average molecular weight is 575 g/mol. The quantitative estimate of drug-likeness (QED) is 0.265. The Hall–Kier alpha value is -4.75. The van der Waals surface area contributed by atoms with Crippen LogP contribution in [0.4, 0.5) is 0 Å². The number of methoxy groups -OCH3 is 1. The molecule has 41 heavy (non-hydrogen) atoms. The van der Waals surface area contributed by atoms with Crippen LogP contribution in [0.5, 0.6) is 0 Å². The molecule has 2 fully saturated rings. The molecule has 0 bridgehead atoms. The third-order valence-corrected chi connectivity index (χ3v) is 5.61. The summed E-state index contributed by atoms with van der Waals surface area (Å²) in [5.74, 6) is -4.68. The van der Waals surface area contributed by atoms with Crippen molar-refractivity contribution in [2.75, 3.05) is 7.11 Å². The monoisotopic (exact) mass is 574 g/mol. The summed E-state index contributed by atoms with van der Waals surface area (Å²) in [5.41, 5.74) is 1.07. The van der Waals surface area contributed by atoms with Gasteiger partial charge in [0.25, 0.3) is 23.6 Å². The Bertz CT molecular complexity index is 1150. The second-order valence-electron chi connectivity index (χ2n) is 9.26. The lowest BCUT2D eigenvalue weighted by molar-refractivity contribution is -0.197. The van der Waals surface area contributed by atoms with E-state index < -0.39 is 41.5 Å². The van der Waals surface area contributed by atoms with E-state index in [1.54, 1.807) is 0 Å². The summed E-state index contributed by atoms with van der Waals surface area (Å²) >= 11 is 0. The van der Waals surface area contributed by atoms with Gasteiger partial charge >= 0.3 is 17.9 Å². The molecule has 0 N–H and O–H groups in total. The van der Waals surface area contributed by atoms with Gasteiger partial charge in [0.15, 0.2) is 0 Å². The minimum atomic E-state index is -0.893. The number of hydrogen-bond donors (Lipinski definition) is 0. The van der Waals surface area contributed by atoms with Crippen molar-refractivity contribution in [2.45, 2.75) is 71.6 Å². The predicted octanol–water partition coefficient (Wildman–Crippen LogP) is 0.646. The van der Waals surface area contributed by atoms with Gasteiger partial charge in [-0.3, -0.25) is 24.0 Å². The number of esters is 1. The molecule has 1 aromatic rings. The second-order valence-corrected chi connectivity index (χ2v) is 9.26. The maximum absolute atomic E-state index is 12.3. The molecule has 3 rings (SSSR count). The van der Waals surface area contributed by atoms with Crippen LogP contribution in [0, 0.1) is 0 Å². The van der Waals surface area contributed by atoms with E-state index in [1.165, 1.54) is 39.2 Å². The molecule has 0 atom stereocenters. The highest BCUT2D eigenvalue weighted by Crippen LogP contribution is 2.18. The molecule has 0 unspecified atom stereocenters. The zero-order valence-corrected chi connectivity index (χ0v) is 22.9. The summed E-state index contributed by atoms with van der Waals surface area (Å²) < 4.78 is 4.64. The van der Waals surface area contributed by atoms with E-state index in [4.69, 9.17) is 9.68 Å². The third-order valence-electron chi connectivity index (χ3n) is 5.61. The molecule has 220 valence electrons. The SMILES string of the molecule is CC(=O)CCC(C)=O.COC(=O)Cc1cc(CC(=O)ON2C(=O)CCC2=O)cc(CC(=O)ON2C(=O)CCC2=O)c1. The van der Waals surface area contributed by atoms with Gasteiger partial charge in [-0.05, 0) is 30.5 Å². The van der Waals surface area contributed by atoms with Gasteiger partial charge in [-0.15, -0.1) is 10.1 Å². The Balaban J connectivity index is 0.000000642. The zero-order chi connectivity index (χ0) is 30.7. The van der Waals surface area contributed by atoms with Crippen molar-refractivity contribution in [3.8, 4) is 0 Å². The number of carbonyl (C=O) groups is 9. The number of amides is 4. The molecule has 2 heterocycles. The maximum Gasteiger partial charge on any atom is 0.337 e. The first kappa shape index (κ1) is 32.5. The predicted molar refractivity (Wildman–Crippen MR) is 135 cm³/mol. The first-order chi connectivity index (χ1) is 19.3. The first-order valence-corrected chi connectivity index (χ1v) is 12.6. The van der Waals surface area contributed by atoms with Crippen LogP contribution in [-0.2, 0) is 76.8 Å². The van der Waals surface area contributed by atoms with E-state index in [1.807, 2.05) is 0 Å². The molecule has 1 aromatic carbocycles. The molecular weight excluding hydrogens is 544 g/mol. The molecule has 0 aliphatic carbocycles. The molecule has 2 aliphatic rings. The maximum atomic E-state index is 12.3. The van der Waals surface area contributed by atoms with Gasteiger partial charge in [0.1, 0.15) is 11.6 Å². The number of carbonyl (C=O) groups excluding carboxylic acids is 9. The Morgan fingerprint density at radius 2 is 0.878 bits per heavy atom. The topological polar surface area (TPSA) is 188 Å². The molecule has 4 amide bonds. The molecule has 0 aromatic heterocycles. The second kappa shape index (κ2) is 15.1. The molecule has 0 saturated carbocycles. The number of hydrogen-bond acceptors (Lipinski definition) is 12. The third kappa shape index (κ3) is 10.7. The minimum Gasteiger partial charge on any atom is -0.469 e. The Morgan fingerprint density at radius 3 is 1.15 bits per heavy atom. The summed E-state index contributed by atoms with van der Waals surface area (Å²) in [6, 6.07) is 4.48. The lowest BCUT2D eigenvalue weighted by atomic mass is 10.00. The van der Waals surface area contributed by atoms with Crippen LogP contribution in [0.2, 0.25) is 0 Å². The number of ether oxygens (including phenoxy) is 1. The summed E-state index contributed by atoms with van der Waals surface area (Å²) in [6.07, 6.45) is -0.277. The highest BCUT2D eigenvalue weighted by molar-refractivity contribution is 6.02. The summed E-state index contributed by atoms with van der Waals surface area (Å²) in [4.78, 5) is 113. The van der Waals surface area contributed by atoms with Gasteiger partial charge in [-0.25, -0.2) is 9.59 Å². The van der Waals surface area contributed by atoms with Gasteiger partial charge in [-0.1, -0.05) is 18.2 Å². The van der Waals surface area contributed by atoms with Crippen LogP contribution < -0.4 is 0 Å². The van der Waals surface area contributed by atoms with Crippen LogP contribution >= 0.6 is 0 Å². The van der Waals surface area contributed by atoms with Crippen molar-refractivity contribution in [3.63, 3.8) is 0 Å². The van der Waals surface area contributed by atoms with Crippen molar-refractivity contribution in [1.29, 1.82) is 0 Å². The highest BCUT2D eigenvalue weighted by Gasteiger charge is 2.34. The van der Waals surface area contributed by atoms with Crippen LogP contribution in [0.25, 0.3) is 0 Å². The standard InChI is InChI=1S/C21H20N2O10.C6H10O2/c1-31-19(28)9-12-6-13(10-20(29)32-22-15(24)2-3-16(22)25)8-14(7-12)11-21(30)33-23-17(26)4-5-18(23)27;1-5(7)3-4-6(2)8/h6-8H,2-5,9-11H2,1H3;3-4H2,1-2H3. The van der Waals surface area contributed by atoms with E-state index in [-0.39, 0.29) is 56.5 Å². The lowest BCUT2D eigenvalue weighted by Gasteiger charge is -2.14. The fraction of sp³-hybridized carbons (Fsp3) is 0.444. The molecule has 14 nitrogen and oxygen atoms in total. The van der Waals surface area contributed by atoms with E-state index in [9.17, 15) is 43.2 Å². The van der Waals surface area contributed by atoms with Crippen LogP contribution in [0.1, 0.15) is 69.1 Å². The summed E-state index contributed by atoms with van der Waals surface area (Å²) in [7, 11) is 1.20. The summed E-state index contributed by atoms with van der Waals surface area (Å²) in [6.45, 7) is 2.98. The van der Waals surface area contributed by atoms with Crippen LogP contribution in [-0.4, -0.2) is 70.3 Å². The van der Waals surface area contributed by atoms with Crippen molar-refractivity contribution in [2.24, 2.45) is 0 Å². The van der Waals surface area contributed by atoms with Gasteiger partial charge in [-0.2, -0.15) is 0 Å². The Labute approximate surface area is 234 Å². The van der Waals surface area contributed by atoms with Crippen molar-refractivity contribution in [3.05, 3.63) is 34.9 Å². The molecule has 14 heteroatoms. The smallest absolute Gasteiger partial charge is 0.337 e. The molecule has 0 radical (unpaired) electrons. The van der Waals surface area contributed by atoms with Gasteiger partial charge in [0.05, 0.1) is 26.4 Å². The van der Waals surface area contributed by atoms with E-state index in [0.29, 0.717) is 39.7 Å². The first-order valence-electron chi connectivity index (χ1n) is 12.6. The Kier molecular flexibility index (Phi) is 12.0. The highest BCUT2D eigenvalue weighted by atomic mass is 16.7. The minimum absolute atomic E-state index is 0.0466. The average Bonchev–Trinajstić information content (AvgIpc) is 3.37. The van der Waals surface area contributed by atoms with Crippen molar-refractivity contribution >= 4 is 53.1 Å². The van der Waals surface area contributed by atoms with Gasteiger partial charge < -0.3 is 24.0 Å². The van der Waals surface area contributed by atoms with E-state index >= 15 is 0 Å². The van der Waals surface area contributed by atoms with Crippen LogP contribution in [0.3, 0.4) is 0 Å². The largest absolute Gasteiger partial charge is 0.469 e. The lowest BCUT2D eigenvalue weighted by Crippen LogP contribution is -2.33. The number of benzene rings is 1. The molecule has 0 spiro atoms. The number of ketones is 2. The fourth-order valence-corrected chi connectivity index (χ4v) is 3.65. The normalized spacial score (nSPS) is 14.4. The molecule has 2 aliphatic heterocycles. The number of hydroxylamine groups is 4. The van der Waals surface area contributed by atoms with Crippen LogP contribution in [0.15, 0.2) is 18.2 Å². The molecular formula is C27H30N2O12. The van der Waals surface area contributed by atoms with Crippen molar-refractivity contribution < 1.29 is 57.6 Å². The van der Waals surface area contributed by atoms with Gasteiger partial charge in [0.2, 0.25) is 0 Å².